The largest absolute Gasteiger partial charge is 0.369 e. The summed E-state index contributed by atoms with van der Waals surface area (Å²) in [5, 5.41) is 3.00. The summed E-state index contributed by atoms with van der Waals surface area (Å²) < 4.78 is 55.5. The van der Waals surface area contributed by atoms with Crippen molar-refractivity contribution in [1.82, 2.24) is 9.62 Å². The maximum atomic E-state index is 14.2. The van der Waals surface area contributed by atoms with Crippen LogP contribution in [-0.2, 0) is 19.6 Å². The van der Waals surface area contributed by atoms with Gasteiger partial charge in [0.15, 0.2) is 4.90 Å². The van der Waals surface area contributed by atoms with Gasteiger partial charge in [-0.1, -0.05) is 6.07 Å². The summed E-state index contributed by atoms with van der Waals surface area (Å²) in [6.45, 7) is -0.485. The lowest BCUT2D eigenvalue weighted by Crippen LogP contribution is -2.62. The van der Waals surface area contributed by atoms with Gasteiger partial charge in [-0.3, -0.25) is 9.59 Å². The van der Waals surface area contributed by atoms with E-state index in [1.807, 2.05) is 0 Å². The van der Waals surface area contributed by atoms with E-state index in [4.69, 9.17) is 5.73 Å². The third-order valence-corrected chi connectivity index (χ3v) is 9.81. The number of amides is 2. The maximum absolute atomic E-state index is 14.2. The van der Waals surface area contributed by atoms with Crippen molar-refractivity contribution in [2.24, 2.45) is 28.9 Å². The van der Waals surface area contributed by atoms with Gasteiger partial charge in [0.05, 0.1) is 6.54 Å². The number of primary amides is 1. The molecule has 3 N–H and O–H groups in total. The van der Waals surface area contributed by atoms with Crippen LogP contribution in [0.1, 0.15) is 44.9 Å². The van der Waals surface area contributed by atoms with Crippen LogP contribution in [0.5, 0.6) is 0 Å². The van der Waals surface area contributed by atoms with Crippen molar-refractivity contribution in [2.75, 3.05) is 6.54 Å². The van der Waals surface area contributed by atoms with E-state index in [0.29, 0.717) is 31.6 Å². The van der Waals surface area contributed by atoms with Crippen LogP contribution in [0, 0.1) is 34.8 Å². The fraction of sp³-hybridized carbons (Fsp3) is 0.636. The monoisotopic (exact) mass is 467 g/mol. The number of nitrogens with one attached hydrogen (secondary N) is 1. The number of halogens is 2. The molecule has 0 radical (unpaired) electrons. The van der Waals surface area contributed by atoms with Gasteiger partial charge in [0.25, 0.3) is 0 Å². The number of carbonyl (C=O) groups excluding carboxylic acids is 2. The second kappa shape index (κ2) is 7.48. The minimum absolute atomic E-state index is 0.132. The highest BCUT2D eigenvalue weighted by molar-refractivity contribution is 7.89. The average molecular weight is 468 g/mol. The molecule has 7 nitrogen and oxygen atoms in total. The van der Waals surface area contributed by atoms with Crippen molar-refractivity contribution in [3.8, 4) is 0 Å². The lowest BCUT2D eigenvalue weighted by Gasteiger charge is -2.58. The molecule has 5 aliphatic rings. The number of nitrogens with two attached hydrogens (primary N) is 1. The van der Waals surface area contributed by atoms with E-state index in [1.165, 1.54) is 0 Å². The molecular weight excluding hydrogens is 440 g/mol. The molecule has 5 fully saturated rings. The molecule has 1 aromatic rings. The molecule has 6 rings (SSSR count). The first kappa shape index (κ1) is 21.8. The van der Waals surface area contributed by atoms with Crippen molar-refractivity contribution >= 4 is 21.8 Å². The van der Waals surface area contributed by atoms with Crippen LogP contribution in [-0.4, -0.2) is 43.2 Å². The Kier molecular flexibility index (Phi) is 5.09. The summed E-state index contributed by atoms with van der Waals surface area (Å²) in [5.74, 6) is -2.40. The molecule has 0 aliphatic heterocycles. The minimum Gasteiger partial charge on any atom is -0.369 e. The zero-order valence-electron chi connectivity index (χ0n) is 17.6. The third-order valence-electron chi connectivity index (χ3n) is 7.86. The number of rotatable bonds is 7. The standard InChI is InChI=1S/C22H27F2N3O4S/c23-16-2-1-3-17(24)20(16)32(30,31)27(15-4-5-15)11-18(28)26-19-13-6-12-7-14(19)10-22(8-12,9-13)21(25)29/h1-3,12-15,19H,4-11H2,(H2,25,29)(H,26,28). The second-order valence-corrected chi connectivity index (χ2v) is 11.9. The van der Waals surface area contributed by atoms with Crippen LogP contribution in [0.4, 0.5) is 8.78 Å². The highest BCUT2D eigenvalue weighted by atomic mass is 32.2. The zero-order valence-corrected chi connectivity index (χ0v) is 18.4. The van der Waals surface area contributed by atoms with Crippen LogP contribution in [0.25, 0.3) is 0 Å². The molecule has 0 saturated heterocycles. The van der Waals surface area contributed by atoms with Gasteiger partial charge in [0.2, 0.25) is 21.8 Å². The van der Waals surface area contributed by atoms with Gasteiger partial charge >= 0.3 is 0 Å². The molecule has 10 heteroatoms. The summed E-state index contributed by atoms with van der Waals surface area (Å²) in [4.78, 5) is 24.0. The van der Waals surface area contributed by atoms with Gasteiger partial charge in [-0.2, -0.15) is 4.31 Å². The first-order valence-electron chi connectivity index (χ1n) is 11.2. The third kappa shape index (κ3) is 3.51. The molecule has 2 amide bonds. The minimum atomic E-state index is -4.52. The molecule has 1 aromatic carbocycles. The molecule has 2 atom stereocenters. The Balaban J connectivity index is 1.33. The van der Waals surface area contributed by atoms with Crippen molar-refractivity contribution in [2.45, 2.75) is 61.9 Å². The van der Waals surface area contributed by atoms with E-state index in [9.17, 15) is 26.8 Å². The van der Waals surface area contributed by atoms with Gasteiger partial charge < -0.3 is 11.1 Å². The summed E-state index contributed by atoms with van der Waals surface area (Å²) in [6.07, 6.45) is 5.03. The summed E-state index contributed by atoms with van der Waals surface area (Å²) in [7, 11) is -4.52. The highest BCUT2D eigenvalue weighted by Crippen LogP contribution is 2.59. The summed E-state index contributed by atoms with van der Waals surface area (Å²) in [6, 6.07) is 2.30. The fourth-order valence-electron chi connectivity index (χ4n) is 6.55. The quantitative estimate of drug-likeness (QED) is 0.638. The number of hydrogen-bond acceptors (Lipinski definition) is 4. The van der Waals surface area contributed by atoms with Gasteiger partial charge in [-0.25, -0.2) is 17.2 Å². The van der Waals surface area contributed by atoms with Gasteiger partial charge in [0, 0.05) is 17.5 Å². The van der Waals surface area contributed by atoms with E-state index in [1.54, 1.807) is 0 Å². The highest BCUT2D eigenvalue weighted by Gasteiger charge is 2.58. The molecule has 5 saturated carbocycles. The van der Waals surface area contributed by atoms with Crippen LogP contribution in [0.3, 0.4) is 0 Å². The normalized spacial score (nSPS) is 33.5. The van der Waals surface area contributed by atoms with Crippen molar-refractivity contribution in [3.63, 3.8) is 0 Å². The predicted molar refractivity (Wildman–Crippen MR) is 110 cm³/mol. The smallest absolute Gasteiger partial charge is 0.249 e. The Morgan fingerprint density at radius 3 is 2.22 bits per heavy atom. The van der Waals surface area contributed by atoms with Crippen molar-refractivity contribution in [3.05, 3.63) is 29.8 Å². The molecule has 32 heavy (non-hydrogen) atoms. The van der Waals surface area contributed by atoms with Crippen LogP contribution < -0.4 is 11.1 Å². The Labute approximate surface area is 185 Å². The lowest BCUT2D eigenvalue weighted by atomic mass is 9.47. The van der Waals surface area contributed by atoms with Crippen LogP contribution in [0.15, 0.2) is 23.1 Å². The number of sulfonamides is 1. The predicted octanol–water partition coefficient (Wildman–Crippen LogP) is 1.91. The zero-order chi connectivity index (χ0) is 22.8. The van der Waals surface area contributed by atoms with Crippen molar-refractivity contribution < 1.29 is 26.8 Å². The molecule has 4 bridgehead atoms. The second-order valence-electron chi connectivity index (χ2n) is 10.0. The molecule has 0 spiro atoms. The number of carbonyl (C=O) groups is 2. The van der Waals surface area contributed by atoms with Gasteiger partial charge in [0.1, 0.15) is 11.6 Å². The topological polar surface area (TPSA) is 110 Å². The molecule has 0 heterocycles. The Hall–Kier alpha value is -2.07. The maximum Gasteiger partial charge on any atom is 0.249 e. The molecular formula is C22H27F2N3O4S. The van der Waals surface area contributed by atoms with E-state index in [-0.39, 0.29) is 23.8 Å². The van der Waals surface area contributed by atoms with Gasteiger partial charge in [-0.05, 0) is 74.8 Å². The molecule has 2 unspecified atom stereocenters. The SMILES string of the molecule is NC(=O)C12CC3CC(C1)C(NC(=O)CN(C1CC1)S(=O)(=O)c1c(F)cccc1F)C(C3)C2. The molecule has 0 aromatic heterocycles. The van der Waals surface area contributed by atoms with E-state index in [0.717, 1.165) is 41.8 Å². The molecule has 174 valence electrons. The van der Waals surface area contributed by atoms with Crippen LogP contribution in [0.2, 0.25) is 0 Å². The summed E-state index contributed by atoms with van der Waals surface area (Å²) >= 11 is 0. The van der Waals surface area contributed by atoms with Gasteiger partial charge in [-0.15, -0.1) is 0 Å². The summed E-state index contributed by atoms with van der Waals surface area (Å²) in [5.41, 5.74) is 5.23. The molecule has 5 aliphatic carbocycles. The van der Waals surface area contributed by atoms with E-state index in [2.05, 4.69) is 5.32 Å². The lowest BCUT2D eigenvalue weighted by molar-refractivity contribution is -0.147. The average Bonchev–Trinajstić information content (AvgIpc) is 3.53. The van der Waals surface area contributed by atoms with E-state index < -0.39 is 50.5 Å². The van der Waals surface area contributed by atoms with Crippen LogP contribution >= 0.6 is 0 Å². The number of benzene rings is 1. The first-order chi connectivity index (χ1) is 15.1. The van der Waals surface area contributed by atoms with E-state index >= 15 is 0 Å². The van der Waals surface area contributed by atoms with Crippen molar-refractivity contribution in [1.29, 1.82) is 0 Å². The number of nitrogens with zero attached hydrogens (tertiary/aromatic N) is 1. The Bertz CT molecular complexity index is 1040. The number of hydrogen-bond donors (Lipinski definition) is 2. The Morgan fingerprint density at radius 1 is 1.09 bits per heavy atom. The fourth-order valence-corrected chi connectivity index (χ4v) is 8.31. The Morgan fingerprint density at radius 2 is 1.69 bits per heavy atom. The first-order valence-corrected chi connectivity index (χ1v) is 12.6.